The van der Waals surface area contributed by atoms with E-state index in [-0.39, 0.29) is 36.4 Å². The summed E-state index contributed by atoms with van der Waals surface area (Å²) in [7, 11) is 0. The highest BCUT2D eigenvalue weighted by Gasteiger charge is 2.33. The highest BCUT2D eigenvalue weighted by atomic mass is 127. The zero-order chi connectivity index (χ0) is 19.8. The molecule has 0 aliphatic rings. The lowest BCUT2D eigenvalue weighted by atomic mass is 9.92. The van der Waals surface area contributed by atoms with Crippen LogP contribution in [0.15, 0.2) is 10.4 Å². The minimum absolute atomic E-state index is 0. The third-order valence-electron chi connectivity index (χ3n) is 3.40. The van der Waals surface area contributed by atoms with Gasteiger partial charge in [-0.2, -0.15) is 13.2 Å². The number of nitrogens with zero attached hydrogens (tertiary/aromatic N) is 2. The SMILES string of the molecule is CCNC(=O)C(C)(C)CN=C(NCC)NCCc1nc(C(F)(F)F)cs1.I. The van der Waals surface area contributed by atoms with E-state index in [4.69, 9.17) is 0 Å². The lowest BCUT2D eigenvalue weighted by Gasteiger charge is -2.22. The molecule has 1 aromatic rings. The maximum atomic E-state index is 12.6. The molecule has 0 atom stereocenters. The number of alkyl halides is 3. The van der Waals surface area contributed by atoms with E-state index in [2.05, 4.69) is 25.9 Å². The van der Waals surface area contributed by atoms with E-state index in [1.165, 1.54) is 0 Å². The first-order valence-corrected chi connectivity index (χ1v) is 9.30. The van der Waals surface area contributed by atoms with Gasteiger partial charge < -0.3 is 16.0 Å². The van der Waals surface area contributed by atoms with Crippen LogP contribution in [0.1, 0.15) is 38.4 Å². The molecule has 1 heterocycles. The highest BCUT2D eigenvalue weighted by Crippen LogP contribution is 2.30. The third-order valence-corrected chi connectivity index (χ3v) is 4.31. The summed E-state index contributed by atoms with van der Waals surface area (Å²) < 4.78 is 37.7. The molecule has 0 spiro atoms. The zero-order valence-electron chi connectivity index (χ0n) is 15.9. The molecule has 11 heteroatoms. The van der Waals surface area contributed by atoms with Crippen molar-refractivity contribution in [2.45, 2.75) is 40.3 Å². The van der Waals surface area contributed by atoms with Crippen molar-refractivity contribution in [3.63, 3.8) is 0 Å². The quantitative estimate of drug-likeness (QED) is 0.279. The van der Waals surface area contributed by atoms with Crippen molar-refractivity contribution in [3.8, 4) is 0 Å². The molecule has 156 valence electrons. The van der Waals surface area contributed by atoms with Gasteiger partial charge in [0.2, 0.25) is 5.91 Å². The molecule has 0 bridgehead atoms. The molecule has 1 rings (SSSR count). The Kier molecular flexibility index (Phi) is 11.2. The predicted octanol–water partition coefficient (Wildman–Crippen LogP) is 3.04. The van der Waals surface area contributed by atoms with Crippen molar-refractivity contribution in [3.05, 3.63) is 16.1 Å². The second kappa shape index (κ2) is 11.7. The highest BCUT2D eigenvalue weighted by molar-refractivity contribution is 14.0. The summed E-state index contributed by atoms with van der Waals surface area (Å²) in [5, 5.41) is 10.3. The van der Waals surface area contributed by atoms with Gasteiger partial charge in [0.25, 0.3) is 0 Å². The summed E-state index contributed by atoms with van der Waals surface area (Å²) in [5.74, 6) is 0.430. The van der Waals surface area contributed by atoms with Crippen molar-refractivity contribution in [2.24, 2.45) is 10.4 Å². The summed E-state index contributed by atoms with van der Waals surface area (Å²) >= 11 is 0.984. The maximum Gasteiger partial charge on any atom is 0.434 e. The summed E-state index contributed by atoms with van der Waals surface area (Å²) in [6.45, 7) is 9.22. The molecule has 0 unspecified atom stereocenters. The van der Waals surface area contributed by atoms with E-state index < -0.39 is 17.3 Å². The van der Waals surface area contributed by atoms with Gasteiger partial charge in [0, 0.05) is 31.4 Å². The van der Waals surface area contributed by atoms with Crippen LogP contribution < -0.4 is 16.0 Å². The first-order valence-electron chi connectivity index (χ1n) is 8.42. The Labute approximate surface area is 178 Å². The smallest absolute Gasteiger partial charge is 0.357 e. The lowest BCUT2D eigenvalue weighted by Crippen LogP contribution is -2.42. The fourth-order valence-electron chi connectivity index (χ4n) is 1.93. The predicted molar refractivity (Wildman–Crippen MR) is 113 cm³/mol. The van der Waals surface area contributed by atoms with Crippen LogP contribution in [-0.4, -0.2) is 43.0 Å². The molecule has 1 aromatic heterocycles. The molecule has 0 aliphatic carbocycles. The lowest BCUT2D eigenvalue weighted by molar-refractivity contribution is -0.140. The van der Waals surface area contributed by atoms with E-state index in [9.17, 15) is 18.0 Å². The van der Waals surface area contributed by atoms with E-state index in [0.717, 1.165) is 16.7 Å². The molecule has 3 N–H and O–H groups in total. The number of amides is 1. The van der Waals surface area contributed by atoms with E-state index in [1.807, 2.05) is 13.8 Å². The molecule has 6 nitrogen and oxygen atoms in total. The van der Waals surface area contributed by atoms with Crippen LogP contribution >= 0.6 is 35.3 Å². The van der Waals surface area contributed by atoms with Crippen molar-refractivity contribution in [2.75, 3.05) is 26.2 Å². The molecule has 1 amide bonds. The second-order valence-electron chi connectivity index (χ2n) is 6.24. The second-order valence-corrected chi connectivity index (χ2v) is 7.18. The Morgan fingerprint density at radius 1 is 1.19 bits per heavy atom. The summed E-state index contributed by atoms with van der Waals surface area (Å²) in [6, 6.07) is 0. The van der Waals surface area contributed by atoms with Gasteiger partial charge in [0.1, 0.15) is 0 Å². The average molecular weight is 521 g/mol. The number of guanidine groups is 1. The van der Waals surface area contributed by atoms with Crippen molar-refractivity contribution < 1.29 is 18.0 Å². The van der Waals surface area contributed by atoms with E-state index >= 15 is 0 Å². The normalized spacial score (nSPS) is 12.3. The fourth-order valence-corrected chi connectivity index (χ4v) is 2.74. The van der Waals surface area contributed by atoms with Gasteiger partial charge in [-0.15, -0.1) is 35.3 Å². The Morgan fingerprint density at radius 2 is 1.81 bits per heavy atom. The van der Waals surface area contributed by atoms with Crippen LogP contribution in [0.4, 0.5) is 13.2 Å². The number of halogens is 4. The molecular weight excluding hydrogens is 494 g/mol. The summed E-state index contributed by atoms with van der Waals surface area (Å²) in [5.41, 5.74) is -1.52. The van der Waals surface area contributed by atoms with Crippen molar-refractivity contribution in [1.29, 1.82) is 0 Å². The fraction of sp³-hybridized carbons (Fsp3) is 0.688. The first-order chi connectivity index (χ1) is 12.1. The van der Waals surface area contributed by atoms with Gasteiger partial charge >= 0.3 is 6.18 Å². The molecule has 0 aliphatic heterocycles. The first kappa shape index (κ1) is 25.9. The zero-order valence-corrected chi connectivity index (χ0v) is 19.0. The molecule has 0 saturated carbocycles. The van der Waals surface area contributed by atoms with Gasteiger partial charge in [-0.3, -0.25) is 9.79 Å². The molecule has 0 fully saturated rings. The topological polar surface area (TPSA) is 78.4 Å². The molecular formula is C16H27F3IN5OS. The standard InChI is InChI=1S/C16H26F3N5OS.HI/c1-5-20-13(25)15(3,4)10-23-14(21-6-2)22-8-7-12-24-11(9-26-12)16(17,18)19;/h9H,5-8,10H2,1-4H3,(H,20,25)(H2,21,22,23);1H. The number of hydrogen-bond donors (Lipinski definition) is 3. The van der Waals surface area contributed by atoms with Gasteiger partial charge in [0.05, 0.1) is 17.0 Å². The average Bonchev–Trinajstić information content (AvgIpc) is 3.02. The number of aliphatic imine (C=N–C) groups is 1. The minimum atomic E-state index is -4.41. The number of rotatable bonds is 8. The third kappa shape index (κ3) is 9.08. The Hall–Kier alpha value is -1.11. The summed E-state index contributed by atoms with van der Waals surface area (Å²) in [4.78, 5) is 20.0. The maximum absolute atomic E-state index is 12.6. The number of nitrogens with one attached hydrogen (secondary N) is 3. The van der Waals surface area contributed by atoms with Gasteiger partial charge in [0.15, 0.2) is 11.7 Å². The summed E-state index contributed by atoms with van der Waals surface area (Å²) in [6.07, 6.45) is -4.06. The number of hydrogen-bond acceptors (Lipinski definition) is 4. The van der Waals surface area contributed by atoms with Crippen LogP contribution in [0.3, 0.4) is 0 Å². The molecule has 0 radical (unpaired) electrons. The van der Waals surface area contributed by atoms with Crippen LogP contribution in [0.25, 0.3) is 0 Å². The van der Waals surface area contributed by atoms with Crippen molar-refractivity contribution in [1.82, 2.24) is 20.9 Å². The van der Waals surface area contributed by atoms with E-state index in [1.54, 1.807) is 13.8 Å². The molecule has 0 aromatic carbocycles. The number of carbonyl (C=O) groups is 1. The Balaban J connectivity index is 0.00000676. The van der Waals surface area contributed by atoms with Crippen molar-refractivity contribution >= 4 is 47.2 Å². The Bertz CT molecular complexity index is 619. The number of thiazole rings is 1. The monoisotopic (exact) mass is 521 g/mol. The van der Waals surface area contributed by atoms with Crippen LogP contribution in [0.5, 0.6) is 0 Å². The van der Waals surface area contributed by atoms with E-state index in [0.29, 0.717) is 37.0 Å². The van der Waals surface area contributed by atoms with Crippen LogP contribution in [-0.2, 0) is 17.4 Å². The number of carbonyl (C=O) groups excluding carboxylic acids is 1. The van der Waals surface area contributed by atoms with Gasteiger partial charge in [-0.25, -0.2) is 4.98 Å². The van der Waals surface area contributed by atoms with Gasteiger partial charge in [-0.1, -0.05) is 0 Å². The molecule has 0 saturated heterocycles. The minimum Gasteiger partial charge on any atom is -0.357 e. The Morgan fingerprint density at radius 3 is 2.33 bits per heavy atom. The van der Waals surface area contributed by atoms with Crippen LogP contribution in [0.2, 0.25) is 0 Å². The van der Waals surface area contributed by atoms with Crippen LogP contribution in [0, 0.1) is 5.41 Å². The van der Waals surface area contributed by atoms with Gasteiger partial charge in [-0.05, 0) is 27.7 Å². The largest absolute Gasteiger partial charge is 0.434 e. The number of aromatic nitrogens is 1. The molecule has 27 heavy (non-hydrogen) atoms.